The molecule has 1 heterocycles. The fourth-order valence-corrected chi connectivity index (χ4v) is 2.67. The summed E-state index contributed by atoms with van der Waals surface area (Å²) in [6.45, 7) is 0.243. The van der Waals surface area contributed by atoms with Gasteiger partial charge in [-0.05, 0) is 30.5 Å². The maximum Gasteiger partial charge on any atom is 0.416 e. The minimum Gasteiger partial charge on any atom is -0.310 e. The van der Waals surface area contributed by atoms with Crippen LogP contribution in [0, 0.1) is 0 Å². The number of alkyl halides is 3. The first-order valence-corrected chi connectivity index (χ1v) is 7.31. The average molecular weight is 314 g/mol. The van der Waals surface area contributed by atoms with Crippen molar-refractivity contribution in [2.75, 3.05) is 0 Å². The van der Waals surface area contributed by atoms with Crippen molar-refractivity contribution in [3.63, 3.8) is 0 Å². The average Bonchev–Trinajstić information content (AvgIpc) is 3.12. The summed E-state index contributed by atoms with van der Waals surface area (Å²) in [4.78, 5) is 4.38. The van der Waals surface area contributed by atoms with Crippen LogP contribution in [-0.2, 0) is 12.7 Å². The molecule has 1 saturated carbocycles. The molecule has 0 aliphatic heterocycles. The number of nitrogens with one attached hydrogen (secondary N) is 2. The van der Waals surface area contributed by atoms with Crippen LogP contribution in [0.2, 0.25) is 0 Å². The number of rotatable bonds is 5. The van der Waals surface area contributed by atoms with Crippen molar-refractivity contribution >= 4 is 11.8 Å². The third kappa shape index (κ3) is 3.76. The van der Waals surface area contributed by atoms with E-state index in [-0.39, 0.29) is 12.1 Å². The predicted octanol–water partition coefficient (Wildman–Crippen LogP) is 3.23. The molecule has 1 aliphatic carbocycles. The Morgan fingerprint density at radius 1 is 1.33 bits per heavy atom. The third-order valence-corrected chi connectivity index (χ3v) is 4.03. The van der Waals surface area contributed by atoms with Crippen LogP contribution >= 0.6 is 11.8 Å². The van der Waals surface area contributed by atoms with Gasteiger partial charge in [0.15, 0.2) is 5.16 Å². The normalized spacial score (nSPS) is 15.4. The summed E-state index contributed by atoms with van der Waals surface area (Å²) in [7, 11) is 0. The summed E-state index contributed by atoms with van der Waals surface area (Å²) < 4.78 is 39.5. The van der Waals surface area contributed by atoms with E-state index in [1.807, 2.05) is 0 Å². The second kappa shape index (κ2) is 5.69. The zero-order valence-electron chi connectivity index (χ0n) is 10.9. The summed E-state index contributed by atoms with van der Waals surface area (Å²) in [5.41, 5.74) is -0.323. The summed E-state index contributed by atoms with van der Waals surface area (Å²) in [5.74, 6) is 0. The Labute approximate surface area is 123 Å². The molecule has 0 spiro atoms. The van der Waals surface area contributed by atoms with Crippen LogP contribution in [0.4, 0.5) is 13.2 Å². The molecule has 0 saturated heterocycles. The quantitative estimate of drug-likeness (QED) is 0.890. The molecule has 0 unspecified atom stereocenters. The fraction of sp³-hybridized carbons (Fsp3) is 0.385. The van der Waals surface area contributed by atoms with E-state index in [9.17, 15) is 13.2 Å². The first-order chi connectivity index (χ1) is 10.0. The fourth-order valence-electron chi connectivity index (χ4n) is 1.93. The molecule has 1 aromatic carbocycles. The molecule has 1 fully saturated rings. The van der Waals surface area contributed by atoms with Gasteiger partial charge >= 0.3 is 6.18 Å². The number of nitrogens with zero attached hydrogens (tertiary/aromatic N) is 2. The van der Waals surface area contributed by atoms with Gasteiger partial charge in [0.05, 0.1) is 5.56 Å². The second-order valence-electron chi connectivity index (χ2n) is 4.86. The van der Waals surface area contributed by atoms with Crippen molar-refractivity contribution < 1.29 is 13.2 Å². The highest BCUT2D eigenvalue weighted by Crippen LogP contribution is 2.36. The SMILES string of the molecule is FC(F)(F)c1cc(Sc2ncn[nH]2)ccc1CNC1CC1. The number of H-pyrrole nitrogens is 1. The first-order valence-electron chi connectivity index (χ1n) is 6.49. The molecule has 4 nitrogen and oxygen atoms in total. The van der Waals surface area contributed by atoms with Gasteiger partial charge in [-0.1, -0.05) is 17.8 Å². The summed E-state index contributed by atoms with van der Waals surface area (Å²) >= 11 is 1.12. The number of benzene rings is 1. The van der Waals surface area contributed by atoms with Gasteiger partial charge in [-0.2, -0.15) is 18.3 Å². The lowest BCUT2D eigenvalue weighted by Crippen LogP contribution is -2.19. The number of halogens is 3. The van der Waals surface area contributed by atoms with E-state index in [2.05, 4.69) is 20.5 Å². The number of hydrogen-bond acceptors (Lipinski definition) is 4. The van der Waals surface area contributed by atoms with Gasteiger partial charge in [-0.15, -0.1) is 0 Å². The lowest BCUT2D eigenvalue weighted by atomic mass is 10.1. The van der Waals surface area contributed by atoms with E-state index in [4.69, 9.17) is 0 Å². The van der Waals surface area contributed by atoms with Crippen molar-refractivity contribution in [3.05, 3.63) is 35.7 Å². The van der Waals surface area contributed by atoms with E-state index < -0.39 is 11.7 Å². The standard InChI is InChI=1S/C13H13F3N4S/c14-13(15,16)11-5-10(21-12-18-7-19-20-12)4-1-8(11)6-17-9-2-3-9/h1,4-5,7,9,17H,2-3,6H2,(H,18,19,20). The Kier molecular flexibility index (Phi) is 3.90. The smallest absolute Gasteiger partial charge is 0.310 e. The largest absolute Gasteiger partial charge is 0.416 e. The van der Waals surface area contributed by atoms with Crippen molar-refractivity contribution in [2.24, 2.45) is 0 Å². The van der Waals surface area contributed by atoms with Crippen LogP contribution < -0.4 is 5.32 Å². The molecule has 1 aliphatic rings. The molecule has 21 heavy (non-hydrogen) atoms. The molecule has 3 rings (SSSR count). The number of aromatic amines is 1. The maximum absolute atomic E-state index is 13.2. The van der Waals surface area contributed by atoms with Crippen LogP contribution in [0.3, 0.4) is 0 Å². The van der Waals surface area contributed by atoms with Gasteiger partial charge in [0, 0.05) is 17.5 Å². The van der Waals surface area contributed by atoms with Gasteiger partial charge in [-0.25, -0.2) is 4.98 Å². The highest BCUT2D eigenvalue weighted by molar-refractivity contribution is 7.99. The molecule has 0 amide bonds. The van der Waals surface area contributed by atoms with E-state index in [0.717, 1.165) is 30.7 Å². The Balaban J connectivity index is 1.82. The minimum absolute atomic E-state index is 0.243. The Morgan fingerprint density at radius 3 is 2.76 bits per heavy atom. The van der Waals surface area contributed by atoms with E-state index >= 15 is 0 Å². The van der Waals surface area contributed by atoms with Crippen molar-refractivity contribution in [2.45, 2.75) is 41.7 Å². The molecule has 8 heteroatoms. The third-order valence-electron chi connectivity index (χ3n) is 3.15. The maximum atomic E-state index is 13.2. The topological polar surface area (TPSA) is 53.6 Å². The van der Waals surface area contributed by atoms with Crippen molar-refractivity contribution in [3.8, 4) is 0 Å². The van der Waals surface area contributed by atoms with Crippen LogP contribution in [0.15, 0.2) is 34.6 Å². The van der Waals surface area contributed by atoms with Crippen LogP contribution in [-0.4, -0.2) is 21.2 Å². The molecule has 0 atom stereocenters. The highest BCUT2D eigenvalue weighted by atomic mass is 32.2. The van der Waals surface area contributed by atoms with Crippen molar-refractivity contribution in [1.82, 2.24) is 20.5 Å². The van der Waals surface area contributed by atoms with Crippen LogP contribution in [0.25, 0.3) is 0 Å². The Morgan fingerprint density at radius 2 is 2.14 bits per heavy atom. The van der Waals surface area contributed by atoms with Crippen LogP contribution in [0.1, 0.15) is 24.0 Å². The summed E-state index contributed by atoms with van der Waals surface area (Å²) in [5, 5.41) is 9.87. The molecule has 112 valence electrons. The van der Waals surface area contributed by atoms with Gasteiger partial charge in [0.25, 0.3) is 0 Å². The van der Waals surface area contributed by atoms with Crippen molar-refractivity contribution in [1.29, 1.82) is 0 Å². The zero-order valence-corrected chi connectivity index (χ0v) is 11.8. The van der Waals surface area contributed by atoms with E-state index in [0.29, 0.717) is 16.1 Å². The first kappa shape index (κ1) is 14.4. The minimum atomic E-state index is -4.36. The lowest BCUT2D eigenvalue weighted by Gasteiger charge is -2.14. The van der Waals surface area contributed by atoms with Crippen LogP contribution in [0.5, 0.6) is 0 Å². The summed E-state index contributed by atoms with van der Waals surface area (Å²) in [6, 6.07) is 4.73. The zero-order chi connectivity index (χ0) is 14.9. The highest BCUT2D eigenvalue weighted by Gasteiger charge is 2.34. The molecular weight excluding hydrogens is 301 g/mol. The number of aromatic nitrogens is 3. The second-order valence-corrected chi connectivity index (χ2v) is 5.93. The molecule has 2 N–H and O–H groups in total. The van der Waals surface area contributed by atoms with E-state index in [1.54, 1.807) is 6.07 Å². The molecule has 2 aromatic rings. The lowest BCUT2D eigenvalue weighted by molar-refractivity contribution is -0.138. The van der Waals surface area contributed by atoms with Gasteiger partial charge in [0.2, 0.25) is 0 Å². The Bertz CT molecular complexity index is 608. The van der Waals surface area contributed by atoms with Gasteiger partial charge in [0.1, 0.15) is 6.33 Å². The van der Waals surface area contributed by atoms with E-state index in [1.165, 1.54) is 12.4 Å². The predicted molar refractivity (Wildman–Crippen MR) is 71.8 cm³/mol. The molecule has 1 aromatic heterocycles. The molecule has 0 bridgehead atoms. The molecule has 0 radical (unpaired) electrons. The van der Waals surface area contributed by atoms with Gasteiger partial charge < -0.3 is 5.32 Å². The monoisotopic (exact) mass is 314 g/mol. The Hall–Kier alpha value is -1.54. The summed E-state index contributed by atoms with van der Waals surface area (Å²) in [6.07, 6.45) is -0.957. The van der Waals surface area contributed by atoms with Gasteiger partial charge in [-0.3, -0.25) is 5.10 Å². The molecular formula is C13H13F3N4S. The number of hydrogen-bond donors (Lipinski definition) is 2.